The van der Waals surface area contributed by atoms with Gasteiger partial charge >= 0.3 is 17.9 Å². The molecule has 12 unspecified atom stereocenters. The summed E-state index contributed by atoms with van der Waals surface area (Å²) in [7, 11) is 1.44. The predicted molar refractivity (Wildman–Crippen MR) is 342 cm³/mol. The number of allylic oxidation sites excluding steroid dienone is 4. The fraction of sp³-hybridized carbons (Fsp3) is 0.453. The second-order valence-electron chi connectivity index (χ2n) is 22.5. The standard InChI is InChI=1S/C71H84O8.4CH4/c1-9-50(5)40-60(56-25-16-13-17-26-56)45-65(57-27-18-14-19-28-57)58-32-36-63(37-33-58)76-48-78-69(73)66-44-54(42-55(66)12-4)24-22-23-29-59-41-53(11-3)43-67(59)70(74)79-49-77-64-38-34-62(35-39-64)71(46-51(6)10-2,47-52(7)68(72)75-8)61-30-20-15-21-31-61;;;;/h11-21,24-39,50-55,59-60,65-67H,3-4,9-10,40-49H2,1-2,5-8H3;4*1H4. The molecule has 0 heterocycles. The molecule has 0 bridgehead atoms. The summed E-state index contributed by atoms with van der Waals surface area (Å²) >= 11 is 0. The topological polar surface area (TPSA) is 97.4 Å². The summed E-state index contributed by atoms with van der Waals surface area (Å²) in [6.07, 6.45) is 16.1. The van der Waals surface area contributed by atoms with Crippen molar-refractivity contribution in [1.29, 1.82) is 0 Å². The van der Waals surface area contributed by atoms with Crippen LogP contribution in [0.15, 0.2) is 188 Å². The number of hydrogen-bond acceptors (Lipinski definition) is 8. The lowest BCUT2D eigenvalue weighted by Gasteiger charge is -2.39. The molecule has 0 radical (unpaired) electrons. The number of rotatable bonds is 28. The van der Waals surface area contributed by atoms with Crippen LogP contribution in [0.3, 0.4) is 0 Å². The van der Waals surface area contributed by atoms with Crippen molar-refractivity contribution in [2.75, 3.05) is 20.7 Å². The first-order valence-corrected chi connectivity index (χ1v) is 28.8. The van der Waals surface area contributed by atoms with E-state index in [2.05, 4.69) is 149 Å². The summed E-state index contributed by atoms with van der Waals surface area (Å²) in [5.41, 5.74) is 12.1. The molecule has 2 aliphatic rings. The maximum atomic E-state index is 13.6. The second kappa shape index (κ2) is 35.1. The van der Waals surface area contributed by atoms with Crippen LogP contribution in [0.4, 0.5) is 0 Å². The van der Waals surface area contributed by atoms with Crippen molar-refractivity contribution in [3.63, 3.8) is 0 Å². The molecular formula is C75H100O8. The van der Waals surface area contributed by atoms with E-state index in [4.69, 9.17) is 23.7 Å². The van der Waals surface area contributed by atoms with Gasteiger partial charge in [-0.1, -0.05) is 216 Å². The summed E-state index contributed by atoms with van der Waals surface area (Å²) in [6, 6.07) is 48.2. The SMILES string of the molecule is C.C.C.C.C=CC1CC(C=C=C=CC2CC(C=C)C(C(=O)OCOc3ccc(C(CC(CC(C)CC)c4ccccc4)c4ccccc4)cc3)C2)C(C(=O)OCOc2ccc(C(CC(C)CC)(CC(C)C(=O)OC)c3ccccc3)cc2)C1. The zero-order valence-electron chi connectivity index (χ0n) is 47.6. The molecule has 0 amide bonds. The van der Waals surface area contributed by atoms with Gasteiger partial charge in [-0.25, -0.2) is 0 Å². The van der Waals surface area contributed by atoms with Crippen molar-refractivity contribution in [3.8, 4) is 11.5 Å². The molecule has 5 aromatic carbocycles. The third-order valence-electron chi connectivity index (χ3n) is 17.1. The van der Waals surface area contributed by atoms with E-state index >= 15 is 0 Å². The normalized spacial score (nSPS) is 20.2. The Kier molecular flexibility index (Phi) is 29.7. The Morgan fingerprint density at radius 3 is 1.58 bits per heavy atom. The molecule has 0 N–H and O–H groups in total. The molecule has 2 fully saturated rings. The van der Waals surface area contributed by atoms with E-state index in [-0.39, 0.29) is 109 Å². The van der Waals surface area contributed by atoms with Gasteiger partial charge in [0, 0.05) is 11.3 Å². The van der Waals surface area contributed by atoms with Crippen LogP contribution in [-0.2, 0) is 34.0 Å². The molecule has 448 valence electrons. The Bertz CT molecular complexity index is 2810. The fourth-order valence-electron chi connectivity index (χ4n) is 12.3. The largest absolute Gasteiger partial charge is 0.469 e. The van der Waals surface area contributed by atoms with Gasteiger partial charge < -0.3 is 23.7 Å². The first kappa shape index (κ1) is 70.2. The van der Waals surface area contributed by atoms with Gasteiger partial charge in [0.15, 0.2) is 0 Å². The van der Waals surface area contributed by atoms with Gasteiger partial charge in [-0.2, -0.15) is 0 Å². The number of carbonyl (C=O) groups is 3. The van der Waals surface area contributed by atoms with E-state index in [1.165, 1.54) is 23.8 Å². The molecule has 8 nitrogen and oxygen atoms in total. The number of methoxy groups -OCH3 is 1. The lowest BCUT2D eigenvalue weighted by atomic mass is 9.64. The molecule has 0 spiro atoms. The minimum absolute atomic E-state index is 0. The second-order valence-corrected chi connectivity index (χ2v) is 22.5. The van der Waals surface area contributed by atoms with Crippen molar-refractivity contribution in [3.05, 3.63) is 216 Å². The van der Waals surface area contributed by atoms with E-state index in [9.17, 15) is 14.4 Å². The van der Waals surface area contributed by atoms with E-state index < -0.39 is 5.41 Å². The lowest BCUT2D eigenvalue weighted by molar-refractivity contribution is -0.157. The molecule has 0 saturated heterocycles. The molecular weight excluding hydrogens is 1030 g/mol. The molecule has 83 heavy (non-hydrogen) atoms. The van der Waals surface area contributed by atoms with E-state index in [1.807, 2.05) is 73.7 Å². The van der Waals surface area contributed by atoms with Crippen molar-refractivity contribution >= 4 is 17.9 Å². The van der Waals surface area contributed by atoms with Crippen LogP contribution < -0.4 is 9.47 Å². The lowest BCUT2D eigenvalue weighted by Crippen LogP contribution is -2.34. The fourth-order valence-corrected chi connectivity index (χ4v) is 12.3. The van der Waals surface area contributed by atoms with Crippen LogP contribution in [0.1, 0.15) is 168 Å². The van der Waals surface area contributed by atoms with Crippen LogP contribution in [0.25, 0.3) is 0 Å². The number of benzene rings is 5. The Morgan fingerprint density at radius 2 is 1.04 bits per heavy atom. The summed E-state index contributed by atoms with van der Waals surface area (Å²) < 4.78 is 28.7. The maximum absolute atomic E-state index is 13.6. The highest BCUT2D eigenvalue weighted by molar-refractivity contribution is 5.74. The first-order chi connectivity index (χ1) is 38.4. The minimum Gasteiger partial charge on any atom is -0.469 e. The Balaban J connectivity index is 0.00000452. The average Bonchev–Trinajstić information content (AvgIpc) is 4.26. The zero-order valence-corrected chi connectivity index (χ0v) is 47.6. The average molecular weight is 1130 g/mol. The Labute approximate surface area is 501 Å². The van der Waals surface area contributed by atoms with E-state index in [1.54, 1.807) is 0 Å². The highest BCUT2D eigenvalue weighted by Gasteiger charge is 2.40. The Hall–Kier alpha value is -7.11. The number of esters is 3. The molecule has 12 atom stereocenters. The maximum Gasteiger partial charge on any atom is 0.312 e. The van der Waals surface area contributed by atoms with Crippen LogP contribution in [-0.4, -0.2) is 38.6 Å². The van der Waals surface area contributed by atoms with Crippen molar-refractivity contribution in [1.82, 2.24) is 0 Å². The van der Waals surface area contributed by atoms with Gasteiger partial charge in [0.05, 0.1) is 24.9 Å². The predicted octanol–water partition coefficient (Wildman–Crippen LogP) is 18.9. The summed E-state index contributed by atoms with van der Waals surface area (Å²) in [4.78, 5) is 39.9. The third-order valence-corrected chi connectivity index (χ3v) is 17.1. The highest BCUT2D eigenvalue weighted by Crippen LogP contribution is 2.46. The monoisotopic (exact) mass is 1130 g/mol. The van der Waals surface area contributed by atoms with Gasteiger partial charge in [-0.05, 0) is 157 Å². The van der Waals surface area contributed by atoms with Gasteiger partial charge in [-0.15, -0.1) is 13.2 Å². The zero-order chi connectivity index (χ0) is 56.2. The first-order valence-electron chi connectivity index (χ1n) is 28.8. The smallest absolute Gasteiger partial charge is 0.312 e. The number of ether oxygens (including phenoxy) is 5. The van der Waals surface area contributed by atoms with Gasteiger partial charge in [0.1, 0.15) is 11.5 Å². The summed E-state index contributed by atoms with van der Waals surface area (Å²) in [5.74, 6) is 1.03. The van der Waals surface area contributed by atoms with Gasteiger partial charge in [-0.3, -0.25) is 14.4 Å². The van der Waals surface area contributed by atoms with Crippen molar-refractivity contribution < 1.29 is 38.1 Å². The van der Waals surface area contributed by atoms with Crippen LogP contribution in [0, 0.1) is 53.3 Å². The van der Waals surface area contributed by atoms with Crippen LogP contribution in [0.2, 0.25) is 0 Å². The minimum atomic E-state index is -0.436. The van der Waals surface area contributed by atoms with E-state index in [0.717, 1.165) is 56.1 Å². The quantitative estimate of drug-likeness (QED) is 0.0161. The third kappa shape index (κ3) is 19.2. The number of carbonyl (C=O) groups excluding carboxylic acids is 3. The van der Waals surface area contributed by atoms with Crippen LogP contribution >= 0.6 is 0 Å². The molecule has 0 aliphatic heterocycles. The molecule has 2 aliphatic carbocycles. The van der Waals surface area contributed by atoms with Gasteiger partial charge in [0.2, 0.25) is 13.6 Å². The van der Waals surface area contributed by atoms with Crippen molar-refractivity contribution in [2.45, 2.75) is 146 Å². The highest BCUT2D eigenvalue weighted by atomic mass is 16.7. The molecule has 2 saturated carbocycles. The van der Waals surface area contributed by atoms with E-state index in [0.29, 0.717) is 48.5 Å². The number of hydrogen-bond donors (Lipinski definition) is 0. The summed E-state index contributed by atoms with van der Waals surface area (Å²) in [5, 5.41) is 0. The Morgan fingerprint density at radius 1 is 0.554 bits per heavy atom. The molecule has 0 aromatic heterocycles. The van der Waals surface area contributed by atoms with Crippen molar-refractivity contribution in [2.24, 2.45) is 53.3 Å². The van der Waals surface area contributed by atoms with Crippen LogP contribution in [0.5, 0.6) is 11.5 Å². The van der Waals surface area contributed by atoms with Gasteiger partial charge in [0.25, 0.3) is 0 Å². The molecule has 8 heteroatoms. The molecule has 7 rings (SSSR count). The molecule has 5 aromatic rings. The summed E-state index contributed by atoms with van der Waals surface area (Å²) in [6.45, 7) is 18.7.